The molecule has 0 spiro atoms. The molecule has 2 aliphatic rings. The van der Waals surface area contributed by atoms with Crippen molar-refractivity contribution in [1.82, 2.24) is 9.88 Å². The van der Waals surface area contributed by atoms with Crippen molar-refractivity contribution < 1.29 is 19.0 Å². The van der Waals surface area contributed by atoms with E-state index in [4.69, 9.17) is 27.9 Å². The summed E-state index contributed by atoms with van der Waals surface area (Å²) in [6.07, 6.45) is 5.50. The molecule has 1 N–H and O–H groups in total. The van der Waals surface area contributed by atoms with Gasteiger partial charge in [0.15, 0.2) is 5.72 Å². The first kappa shape index (κ1) is 26.4. The number of pyridine rings is 1. The number of fused-ring (bicyclic) bond motifs is 1. The lowest BCUT2D eigenvalue weighted by Crippen LogP contribution is -2.48. The molecule has 1 fully saturated rings. The van der Waals surface area contributed by atoms with Gasteiger partial charge in [0.2, 0.25) is 0 Å². The van der Waals surface area contributed by atoms with E-state index in [1.54, 1.807) is 68.1 Å². The summed E-state index contributed by atoms with van der Waals surface area (Å²) in [7, 11) is 0. The van der Waals surface area contributed by atoms with Crippen LogP contribution >= 0.6 is 35.0 Å². The largest absolute Gasteiger partial charge is 0.386 e. The molecule has 0 unspecified atom stereocenters. The van der Waals surface area contributed by atoms with E-state index in [0.717, 1.165) is 12.8 Å². The molecule has 0 radical (unpaired) electrons. The second kappa shape index (κ2) is 9.54. The van der Waals surface area contributed by atoms with E-state index in [0.29, 0.717) is 33.5 Å². The summed E-state index contributed by atoms with van der Waals surface area (Å²) in [5, 5.41) is 11.6. The second-order valence-electron chi connectivity index (χ2n) is 10.1. The molecule has 5 rings (SSSR count). The van der Waals surface area contributed by atoms with E-state index < -0.39 is 23.1 Å². The maximum atomic E-state index is 16.2. The molecule has 9 heteroatoms. The number of rotatable bonds is 8. The van der Waals surface area contributed by atoms with Crippen LogP contribution < -0.4 is 0 Å². The molecule has 1 amide bonds. The van der Waals surface area contributed by atoms with Crippen molar-refractivity contribution in [2.24, 2.45) is 0 Å². The number of nitrogens with zero attached hydrogens (tertiary/aromatic N) is 2. The summed E-state index contributed by atoms with van der Waals surface area (Å²) < 4.78 is 22.8. The molecule has 0 bridgehead atoms. The standard InChI is InChI=1S/C28H27Cl2FN2O3S/c1-26(2,35)18-12-22-24(23(31)13-18)28(17-4-6-19(29)7-5-17,36-16-27(37-3)10-11-27)33(25(22)34)15-21-9-8-20(30)14-32-21/h4-9,12-14,35H,10-11,15-16H2,1-3H3/t28-/m1/s1. The fourth-order valence-corrected chi connectivity index (χ4v) is 5.66. The first-order chi connectivity index (χ1) is 17.5. The summed E-state index contributed by atoms with van der Waals surface area (Å²) in [4.78, 5) is 20.0. The molecule has 37 heavy (non-hydrogen) atoms. The maximum Gasteiger partial charge on any atom is 0.257 e. The third kappa shape index (κ3) is 4.77. The fourth-order valence-electron chi connectivity index (χ4n) is 4.73. The van der Waals surface area contributed by atoms with Gasteiger partial charge in [-0.1, -0.05) is 35.3 Å². The zero-order valence-electron chi connectivity index (χ0n) is 20.7. The van der Waals surface area contributed by atoms with E-state index in [1.165, 1.54) is 17.2 Å². The molecular weight excluding hydrogens is 534 g/mol. The van der Waals surface area contributed by atoms with Gasteiger partial charge in [0.25, 0.3) is 5.91 Å². The van der Waals surface area contributed by atoms with Crippen LogP contribution in [0.2, 0.25) is 10.0 Å². The molecule has 3 aromatic rings. The van der Waals surface area contributed by atoms with E-state index in [-0.39, 0.29) is 22.4 Å². The Kier molecular flexibility index (Phi) is 6.82. The SMILES string of the molecule is CSC1(CO[C@]2(c3ccc(Cl)cc3)c3c(F)cc(C(C)(C)O)cc3C(=O)N2Cc2ccc(Cl)cn2)CC1. The minimum Gasteiger partial charge on any atom is -0.386 e. The summed E-state index contributed by atoms with van der Waals surface area (Å²) in [6.45, 7) is 3.49. The number of thioether (sulfide) groups is 1. The third-order valence-electron chi connectivity index (χ3n) is 7.12. The van der Waals surface area contributed by atoms with Gasteiger partial charge in [0.05, 0.1) is 40.6 Å². The molecule has 1 saturated carbocycles. The maximum absolute atomic E-state index is 16.2. The zero-order valence-corrected chi connectivity index (χ0v) is 23.1. The van der Waals surface area contributed by atoms with Gasteiger partial charge in [-0.3, -0.25) is 14.7 Å². The Bertz CT molecular complexity index is 1340. The van der Waals surface area contributed by atoms with Gasteiger partial charge >= 0.3 is 0 Å². The summed E-state index contributed by atoms with van der Waals surface area (Å²) in [5.74, 6) is -1.04. The summed E-state index contributed by atoms with van der Waals surface area (Å²) in [6, 6.07) is 13.2. The van der Waals surface area contributed by atoms with Gasteiger partial charge in [0, 0.05) is 21.5 Å². The van der Waals surface area contributed by atoms with Crippen molar-refractivity contribution in [1.29, 1.82) is 0 Å². The number of aromatic nitrogens is 1. The zero-order chi connectivity index (χ0) is 26.6. The number of hydrogen-bond donors (Lipinski definition) is 1. The average Bonchev–Trinajstić information content (AvgIpc) is 3.60. The summed E-state index contributed by atoms with van der Waals surface area (Å²) >= 11 is 14.0. The van der Waals surface area contributed by atoms with E-state index >= 15 is 4.39 Å². The van der Waals surface area contributed by atoms with Crippen LogP contribution in [0.4, 0.5) is 4.39 Å². The Morgan fingerprint density at radius 3 is 2.38 bits per heavy atom. The van der Waals surface area contributed by atoms with E-state index in [1.807, 2.05) is 6.26 Å². The molecule has 194 valence electrons. The highest BCUT2D eigenvalue weighted by molar-refractivity contribution is 8.00. The highest BCUT2D eigenvalue weighted by atomic mass is 35.5. The molecule has 1 aromatic heterocycles. The van der Waals surface area contributed by atoms with Crippen LogP contribution in [0, 0.1) is 5.82 Å². The average molecular weight is 562 g/mol. The minimum atomic E-state index is -1.56. The monoisotopic (exact) mass is 560 g/mol. The van der Waals surface area contributed by atoms with Crippen molar-refractivity contribution >= 4 is 40.9 Å². The molecule has 2 aromatic carbocycles. The predicted molar refractivity (Wildman–Crippen MR) is 144 cm³/mol. The summed E-state index contributed by atoms with van der Waals surface area (Å²) in [5.41, 5.74) is -1.19. The lowest BCUT2D eigenvalue weighted by atomic mass is 9.88. The Morgan fingerprint density at radius 2 is 1.81 bits per heavy atom. The van der Waals surface area contributed by atoms with Gasteiger partial charge in [-0.2, -0.15) is 11.8 Å². The third-order valence-corrected chi connectivity index (χ3v) is 8.99. The van der Waals surface area contributed by atoms with Crippen LogP contribution in [0.1, 0.15) is 59.4 Å². The molecular formula is C28H27Cl2FN2O3S. The van der Waals surface area contributed by atoms with Gasteiger partial charge in [-0.05, 0) is 74.9 Å². The number of hydrogen-bond acceptors (Lipinski definition) is 5. The van der Waals surface area contributed by atoms with Crippen molar-refractivity contribution in [3.63, 3.8) is 0 Å². The number of halogens is 3. The van der Waals surface area contributed by atoms with Gasteiger partial charge in [-0.25, -0.2) is 4.39 Å². The Balaban J connectivity index is 1.74. The van der Waals surface area contributed by atoms with Crippen molar-refractivity contribution in [3.8, 4) is 0 Å². The van der Waals surface area contributed by atoms with Crippen molar-refractivity contribution in [2.45, 2.75) is 49.3 Å². The minimum absolute atomic E-state index is 0.0524. The van der Waals surface area contributed by atoms with Crippen LogP contribution in [0.15, 0.2) is 54.7 Å². The van der Waals surface area contributed by atoms with Crippen LogP contribution in [-0.4, -0.2) is 38.5 Å². The number of benzene rings is 2. The Morgan fingerprint density at radius 1 is 1.14 bits per heavy atom. The quantitative estimate of drug-likeness (QED) is 0.339. The molecule has 1 aliphatic heterocycles. The topological polar surface area (TPSA) is 62.7 Å². The van der Waals surface area contributed by atoms with Crippen LogP contribution in [0.3, 0.4) is 0 Å². The normalized spacial score (nSPS) is 20.3. The van der Waals surface area contributed by atoms with Crippen LogP contribution in [0.25, 0.3) is 0 Å². The van der Waals surface area contributed by atoms with Crippen molar-refractivity contribution in [3.05, 3.63) is 98.5 Å². The fraction of sp³-hybridized carbons (Fsp3) is 0.357. The highest BCUT2D eigenvalue weighted by Gasteiger charge is 2.56. The van der Waals surface area contributed by atoms with E-state index in [2.05, 4.69) is 4.98 Å². The number of carbonyl (C=O) groups is 1. The molecule has 1 aliphatic carbocycles. The van der Waals surface area contributed by atoms with Gasteiger partial charge in [0.1, 0.15) is 5.82 Å². The van der Waals surface area contributed by atoms with Gasteiger partial charge in [-0.15, -0.1) is 0 Å². The second-order valence-corrected chi connectivity index (χ2v) is 12.3. The Hall–Kier alpha value is -2.16. The number of ether oxygens (including phenoxy) is 1. The van der Waals surface area contributed by atoms with Crippen LogP contribution in [-0.2, 0) is 22.6 Å². The number of carbonyl (C=O) groups excluding carboxylic acids is 1. The molecule has 2 heterocycles. The predicted octanol–water partition coefficient (Wildman–Crippen LogP) is 6.52. The molecule has 5 nitrogen and oxygen atoms in total. The lowest BCUT2D eigenvalue weighted by Gasteiger charge is -2.40. The number of aliphatic hydroxyl groups is 1. The number of amides is 1. The van der Waals surface area contributed by atoms with Crippen molar-refractivity contribution in [2.75, 3.05) is 12.9 Å². The smallest absolute Gasteiger partial charge is 0.257 e. The first-order valence-corrected chi connectivity index (χ1v) is 13.9. The van der Waals surface area contributed by atoms with E-state index in [9.17, 15) is 9.90 Å². The molecule has 0 saturated heterocycles. The van der Waals surface area contributed by atoms with Gasteiger partial charge < -0.3 is 9.84 Å². The lowest BCUT2D eigenvalue weighted by molar-refractivity contribution is -0.114. The molecule has 1 atom stereocenters. The van der Waals surface area contributed by atoms with Crippen LogP contribution in [0.5, 0.6) is 0 Å². The first-order valence-electron chi connectivity index (χ1n) is 11.9. The highest BCUT2D eigenvalue weighted by Crippen LogP contribution is 2.53. The Labute approximate surface area is 229 Å².